The Balaban J connectivity index is 1.90. The number of hydrogen-bond donors (Lipinski definition) is 0. The lowest BCUT2D eigenvalue weighted by molar-refractivity contribution is 0.400. The Kier molecular flexibility index (Phi) is 3.64. The van der Waals surface area contributed by atoms with Gasteiger partial charge in [0.1, 0.15) is 6.10 Å². The van der Waals surface area contributed by atoms with Crippen LogP contribution >= 0.6 is 0 Å². The molecule has 64 valence electrons. The zero-order chi connectivity index (χ0) is 8.10. The van der Waals surface area contributed by atoms with Crippen LogP contribution in [0.4, 0.5) is 0 Å². The summed E-state index contributed by atoms with van der Waals surface area (Å²) in [6, 6.07) is 0. The van der Waals surface area contributed by atoms with E-state index in [0.717, 1.165) is 0 Å². The molecule has 1 nitrogen and oxygen atoms in total. The minimum atomic E-state index is 0.441. The molecule has 2 atom stereocenters. The summed E-state index contributed by atoms with van der Waals surface area (Å²) in [4.78, 5) is 0. The highest BCUT2D eigenvalue weighted by Gasteiger charge is 2.30. The molecule has 0 amide bonds. The molecular weight excluding hydrogens is 136 g/mol. The molecular formula is C10H18O. The van der Waals surface area contributed by atoms with Crippen molar-refractivity contribution < 1.29 is 4.74 Å². The number of allylic oxidation sites excluding steroid dienone is 1. The van der Waals surface area contributed by atoms with Crippen molar-refractivity contribution in [2.75, 3.05) is 0 Å². The highest BCUT2D eigenvalue weighted by atomic mass is 16.6. The summed E-state index contributed by atoms with van der Waals surface area (Å²) in [6.45, 7) is 4.34. The molecule has 1 fully saturated rings. The minimum absolute atomic E-state index is 0.441. The molecule has 0 spiro atoms. The average Bonchev–Trinajstić information content (AvgIpc) is 2.67. The molecule has 11 heavy (non-hydrogen) atoms. The summed E-state index contributed by atoms with van der Waals surface area (Å²) in [5.41, 5.74) is 0. The number of ether oxygens (including phenoxy) is 1. The van der Waals surface area contributed by atoms with Crippen LogP contribution in [0.15, 0.2) is 12.2 Å². The van der Waals surface area contributed by atoms with Gasteiger partial charge in [-0.3, -0.25) is 0 Å². The lowest BCUT2D eigenvalue weighted by Gasteiger charge is -1.90. The summed E-state index contributed by atoms with van der Waals surface area (Å²) in [5.74, 6) is 0. The fraction of sp³-hybridized carbons (Fsp3) is 0.800. The van der Waals surface area contributed by atoms with Crippen LogP contribution < -0.4 is 0 Å². The van der Waals surface area contributed by atoms with Crippen molar-refractivity contribution in [2.45, 2.75) is 51.7 Å². The SMILES string of the molecule is CCCCC/C=C/[C@H]1O[C@H]1C. The fourth-order valence-electron chi connectivity index (χ4n) is 1.15. The highest BCUT2D eigenvalue weighted by Crippen LogP contribution is 2.22. The lowest BCUT2D eigenvalue weighted by atomic mass is 10.2. The van der Waals surface area contributed by atoms with Gasteiger partial charge < -0.3 is 4.74 Å². The van der Waals surface area contributed by atoms with Crippen LogP contribution in [0, 0.1) is 0 Å². The first kappa shape index (κ1) is 8.79. The summed E-state index contributed by atoms with van der Waals surface area (Å²) in [6.07, 6.45) is 10.6. The molecule has 0 N–H and O–H groups in total. The molecule has 1 heterocycles. The van der Waals surface area contributed by atoms with Crippen LogP contribution in [0.5, 0.6) is 0 Å². The van der Waals surface area contributed by atoms with Crippen LogP contribution in [-0.2, 0) is 4.74 Å². The smallest absolute Gasteiger partial charge is 0.102 e. The molecule has 0 aliphatic carbocycles. The van der Waals surface area contributed by atoms with Crippen LogP contribution in [-0.4, -0.2) is 12.2 Å². The predicted octanol–water partition coefficient (Wildman–Crippen LogP) is 2.91. The van der Waals surface area contributed by atoms with Crippen LogP contribution in [0.2, 0.25) is 0 Å². The second kappa shape index (κ2) is 4.55. The van der Waals surface area contributed by atoms with E-state index in [4.69, 9.17) is 4.74 Å². The largest absolute Gasteiger partial charge is 0.365 e. The number of rotatable bonds is 5. The van der Waals surface area contributed by atoms with Crippen molar-refractivity contribution >= 4 is 0 Å². The predicted molar refractivity (Wildman–Crippen MR) is 47.6 cm³/mol. The molecule has 0 aromatic carbocycles. The topological polar surface area (TPSA) is 12.5 Å². The maximum Gasteiger partial charge on any atom is 0.102 e. The number of unbranched alkanes of at least 4 members (excludes halogenated alkanes) is 3. The van der Waals surface area contributed by atoms with E-state index in [1.165, 1.54) is 25.7 Å². The molecule has 0 unspecified atom stereocenters. The Bertz CT molecular complexity index is 129. The van der Waals surface area contributed by atoms with Gasteiger partial charge in [0.2, 0.25) is 0 Å². The Labute approximate surface area is 69.4 Å². The van der Waals surface area contributed by atoms with E-state index in [0.29, 0.717) is 12.2 Å². The van der Waals surface area contributed by atoms with Gasteiger partial charge in [-0.05, 0) is 19.8 Å². The van der Waals surface area contributed by atoms with Gasteiger partial charge in [0, 0.05) is 0 Å². The van der Waals surface area contributed by atoms with Gasteiger partial charge in [-0.15, -0.1) is 0 Å². The molecule has 0 radical (unpaired) electrons. The molecule has 0 saturated carbocycles. The van der Waals surface area contributed by atoms with Crippen molar-refractivity contribution in [3.63, 3.8) is 0 Å². The van der Waals surface area contributed by atoms with E-state index in [1.807, 2.05) is 0 Å². The monoisotopic (exact) mass is 154 g/mol. The standard InChI is InChI=1S/C10H18O/c1-3-4-5-6-7-8-10-9(2)11-10/h7-10H,3-6H2,1-2H3/b8-7+/t9-,10+/m0/s1. The maximum absolute atomic E-state index is 5.24. The summed E-state index contributed by atoms with van der Waals surface area (Å²) in [5, 5.41) is 0. The first-order valence-electron chi connectivity index (χ1n) is 4.66. The summed E-state index contributed by atoms with van der Waals surface area (Å²) in [7, 11) is 0. The first-order valence-corrected chi connectivity index (χ1v) is 4.66. The van der Waals surface area contributed by atoms with Gasteiger partial charge in [0.15, 0.2) is 0 Å². The van der Waals surface area contributed by atoms with E-state index in [-0.39, 0.29) is 0 Å². The van der Waals surface area contributed by atoms with Gasteiger partial charge in [-0.1, -0.05) is 31.9 Å². The zero-order valence-electron chi connectivity index (χ0n) is 7.55. The first-order chi connectivity index (χ1) is 5.34. The Morgan fingerprint density at radius 3 is 2.64 bits per heavy atom. The zero-order valence-corrected chi connectivity index (χ0v) is 7.55. The van der Waals surface area contributed by atoms with Gasteiger partial charge in [0.25, 0.3) is 0 Å². The normalized spacial score (nSPS) is 29.6. The Morgan fingerprint density at radius 1 is 1.36 bits per heavy atom. The van der Waals surface area contributed by atoms with Crippen molar-refractivity contribution in [3.8, 4) is 0 Å². The third-order valence-corrected chi connectivity index (χ3v) is 2.06. The van der Waals surface area contributed by atoms with Crippen molar-refractivity contribution in [2.24, 2.45) is 0 Å². The summed E-state index contributed by atoms with van der Waals surface area (Å²) >= 11 is 0. The van der Waals surface area contributed by atoms with Crippen LogP contribution in [0.1, 0.15) is 39.5 Å². The quantitative estimate of drug-likeness (QED) is 0.337. The summed E-state index contributed by atoms with van der Waals surface area (Å²) < 4.78 is 5.24. The average molecular weight is 154 g/mol. The van der Waals surface area contributed by atoms with Crippen molar-refractivity contribution in [3.05, 3.63) is 12.2 Å². The van der Waals surface area contributed by atoms with Gasteiger partial charge in [-0.2, -0.15) is 0 Å². The molecule has 1 aliphatic heterocycles. The van der Waals surface area contributed by atoms with E-state index < -0.39 is 0 Å². The molecule has 1 aliphatic rings. The van der Waals surface area contributed by atoms with E-state index in [9.17, 15) is 0 Å². The third kappa shape index (κ3) is 3.57. The van der Waals surface area contributed by atoms with Crippen LogP contribution in [0.25, 0.3) is 0 Å². The third-order valence-electron chi connectivity index (χ3n) is 2.06. The van der Waals surface area contributed by atoms with Gasteiger partial charge >= 0.3 is 0 Å². The molecule has 0 aromatic rings. The fourth-order valence-corrected chi connectivity index (χ4v) is 1.15. The Hall–Kier alpha value is -0.300. The molecule has 0 bridgehead atoms. The second-order valence-corrected chi connectivity index (χ2v) is 3.23. The van der Waals surface area contributed by atoms with E-state index in [1.54, 1.807) is 0 Å². The van der Waals surface area contributed by atoms with Crippen LogP contribution in [0.3, 0.4) is 0 Å². The molecule has 1 saturated heterocycles. The Morgan fingerprint density at radius 2 is 2.09 bits per heavy atom. The molecule has 1 heteroatoms. The highest BCUT2D eigenvalue weighted by molar-refractivity contribution is 5.00. The van der Waals surface area contributed by atoms with E-state index in [2.05, 4.69) is 26.0 Å². The lowest BCUT2D eigenvalue weighted by Crippen LogP contribution is -1.81. The number of epoxide rings is 1. The molecule has 1 rings (SSSR count). The minimum Gasteiger partial charge on any atom is -0.365 e. The maximum atomic E-state index is 5.24. The number of hydrogen-bond acceptors (Lipinski definition) is 1. The van der Waals surface area contributed by atoms with Crippen molar-refractivity contribution in [1.82, 2.24) is 0 Å². The van der Waals surface area contributed by atoms with Crippen molar-refractivity contribution in [1.29, 1.82) is 0 Å². The van der Waals surface area contributed by atoms with E-state index >= 15 is 0 Å². The van der Waals surface area contributed by atoms with Gasteiger partial charge in [0.05, 0.1) is 6.10 Å². The van der Waals surface area contributed by atoms with Gasteiger partial charge in [-0.25, -0.2) is 0 Å². The second-order valence-electron chi connectivity index (χ2n) is 3.23. The molecule has 0 aromatic heterocycles.